The van der Waals surface area contributed by atoms with Crippen LogP contribution in [0.3, 0.4) is 0 Å². The molecular weight excluding hydrogens is 434 g/mol. The molecule has 0 fully saturated rings. The standard InChI is InChI=1S/C19H16ClN3O4S2/c20-16-6-1-2-7-17(16)23-29(26,27)15-5-3-4-14(11-15)19(25)22-21-18(24)10-13-8-9-28-12-13/h1-9,11-12,23H,10H2,(H,21,24)(H,22,25). The predicted molar refractivity (Wildman–Crippen MR) is 112 cm³/mol. The number of sulfonamides is 1. The smallest absolute Gasteiger partial charge is 0.269 e. The molecule has 3 N–H and O–H groups in total. The highest BCUT2D eigenvalue weighted by Crippen LogP contribution is 2.24. The fourth-order valence-corrected chi connectivity index (χ4v) is 4.41. The summed E-state index contributed by atoms with van der Waals surface area (Å²) in [6.45, 7) is 0. The Morgan fingerprint density at radius 3 is 2.52 bits per heavy atom. The monoisotopic (exact) mass is 449 g/mol. The van der Waals surface area contributed by atoms with Crippen LogP contribution in [-0.2, 0) is 21.2 Å². The van der Waals surface area contributed by atoms with E-state index in [9.17, 15) is 18.0 Å². The minimum atomic E-state index is -3.96. The number of halogens is 1. The summed E-state index contributed by atoms with van der Waals surface area (Å²) >= 11 is 7.46. The number of carbonyl (C=O) groups excluding carboxylic acids is 2. The molecule has 7 nitrogen and oxygen atoms in total. The lowest BCUT2D eigenvalue weighted by Crippen LogP contribution is -2.42. The van der Waals surface area contributed by atoms with Crippen molar-refractivity contribution >= 4 is 50.5 Å². The molecule has 0 aliphatic rings. The molecule has 150 valence electrons. The van der Waals surface area contributed by atoms with Crippen LogP contribution >= 0.6 is 22.9 Å². The zero-order valence-corrected chi connectivity index (χ0v) is 17.3. The minimum absolute atomic E-state index is 0.0721. The summed E-state index contributed by atoms with van der Waals surface area (Å²) in [5, 5.41) is 3.93. The number of hydrogen-bond acceptors (Lipinski definition) is 5. The van der Waals surface area contributed by atoms with Crippen molar-refractivity contribution in [3.8, 4) is 0 Å². The highest BCUT2D eigenvalue weighted by Gasteiger charge is 2.18. The molecule has 0 saturated carbocycles. The van der Waals surface area contributed by atoms with Gasteiger partial charge in [0.15, 0.2) is 0 Å². The molecule has 0 unspecified atom stereocenters. The molecule has 0 radical (unpaired) electrons. The van der Waals surface area contributed by atoms with Gasteiger partial charge in [0.05, 0.1) is 22.0 Å². The van der Waals surface area contributed by atoms with Gasteiger partial charge in [-0.05, 0) is 52.7 Å². The predicted octanol–water partition coefficient (Wildman–Crippen LogP) is 3.21. The van der Waals surface area contributed by atoms with Crippen LogP contribution in [0.15, 0.2) is 70.3 Å². The van der Waals surface area contributed by atoms with E-state index in [0.29, 0.717) is 0 Å². The van der Waals surface area contributed by atoms with Crippen molar-refractivity contribution in [3.05, 3.63) is 81.5 Å². The van der Waals surface area contributed by atoms with E-state index in [4.69, 9.17) is 11.6 Å². The summed E-state index contributed by atoms with van der Waals surface area (Å²) in [6, 6.07) is 13.7. The van der Waals surface area contributed by atoms with Crippen molar-refractivity contribution < 1.29 is 18.0 Å². The molecule has 0 bridgehead atoms. The van der Waals surface area contributed by atoms with Crippen LogP contribution in [0.1, 0.15) is 15.9 Å². The van der Waals surface area contributed by atoms with Gasteiger partial charge in [-0.15, -0.1) is 0 Å². The fraction of sp³-hybridized carbons (Fsp3) is 0.0526. The zero-order valence-electron chi connectivity index (χ0n) is 14.9. The number of amides is 2. The lowest BCUT2D eigenvalue weighted by atomic mass is 10.2. The van der Waals surface area contributed by atoms with Gasteiger partial charge in [0, 0.05) is 5.56 Å². The highest BCUT2D eigenvalue weighted by molar-refractivity contribution is 7.92. The Kier molecular flexibility index (Phi) is 6.53. The summed E-state index contributed by atoms with van der Waals surface area (Å²) in [6.07, 6.45) is 0.125. The number of nitrogens with one attached hydrogen (secondary N) is 3. The zero-order chi connectivity index (χ0) is 20.9. The van der Waals surface area contributed by atoms with Crippen LogP contribution in [0.25, 0.3) is 0 Å². The van der Waals surface area contributed by atoms with Crippen LogP contribution in [-0.4, -0.2) is 20.2 Å². The molecule has 3 aromatic rings. The summed E-state index contributed by atoms with van der Waals surface area (Å²) in [5.74, 6) is -1.03. The van der Waals surface area contributed by atoms with Crippen LogP contribution in [0.4, 0.5) is 5.69 Å². The second-order valence-electron chi connectivity index (χ2n) is 5.92. The van der Waals surface area contributed by atoms with Crippen molar-refractivity contribution in [3.63, 3.8) is 0 Å². The number of hydrazine groups is 1. The van der Waals surface area contributed by atoms with Crippen molar-refractivity contribution in [1.29, 1.82) is 0 Å². The van der Waals surface area contributed by atoms with E-state index in [1.807, 2.05) is 16.8 Å². The summed E-state index contributed by atoms with van der Waals surface area (Å²) in [4.78, 5) is 24.0. The van der Waals surface area contributed by atoms with Crippen LogP contribution in [0.2, 0.25) is 5.02 Å². The fourth-order valence-electron chi connectivity index (χ4n) is 2.37. The molecule has 0 aliphatic carbocycles. The summed E-state index contributed by atoms with van der Waals surface area (Å²) in [7, 11) is -3.96. The number of thiophene rings is 1. The van der Waals surface area contributed by atoms with E-state index >= 15 is 0 Å². The lowest BCUT2D eigenvalue weighted by molar-refractivity contribution is -0.121. The van der Waals surface area contributed by atoms with Gasteiger partial charge in [-0.1, -0.05) is 29.8 Å². The van der Waals surface area contributed by atoms with Gasteiger partial charge in [0.25, 0.3) is 15.9 Å². The first-order valence-electron chi connectivity index (χ1n) is 8.33. The first kappa shape index (κ1) is 20.8. The molecule has 10 heteroatoms. The van der Waals surface area contributed by atoms with Gasteiger partial charge in [-0.3, -0.25) is 25.2 Å². The topological polar surface area (TPSA) is 104 Å². The molecule has 2 amide bonds. The van der Waals surface area contributed by atoms with E-state index in [1.54, 1.807) is 18.2 Å². The van der Waals surface area contributed by atoms with Crippen molar-refractivity contribution in [2.24, 2.45) is 0 Å². The normalized spacial score (nSPS) is 10.9. The van der Waals surface area contributed by atoms with Gasteiger partial charge in [-0.25, -0.2) is 8.42 Å². The lowest BCUT2D eigenvalue weighted by Gasteiger charge is -2.11. The SMILES string of the molecule is O=C(Cc1ccsc1)NNC(=O)c1cccc(S(=O)(=O)Nc2ccccc2Cl)c1. The molecule has 1 heterocycles. The van der Waals surface area contributed by atoms with Gasteiger partial charge < -0.3 is 0 Å². The Hall–Kier alpha value is -2.88. The molecule has 2 aromatic carbocycles. The molecule has 29 heavy (non-hydrogen) atoms. The summed E-state index contributed by atoms with van der Waals surface area (Å²) in [5.41, 5.74) is 5.72. The molecule has 0 aliphatic heterocycles. The summed E-state index contributed by atoms with van der Waals surface area (Å²) < 4.78 is 27.6. The third-order valence-electron chi connectivity index (χ3n) is 3.78. The quantitative estimate of drug-likeness (QED) is 0.502. The number of rotatable bonds is 6. The number of anilines is 1. The van der Waals surface area contributed by atoms with Crippen LogP contribution in [0.5, 0.6) is 0 Å². The third-order valence-corrected chi connectivity index (χ3v) is 6.21. The second kappa shape index (κ2) is 9.08. The second-order valence-corrected chi connectivity index (χ2v) is 8.79. The number of carbonyl (C=O) groups is 2. The number of hydrogen-bond donors (Lipinski definition) is 3. The average Bonchev–Trinajstić information content (AvgIpc) is 3.21. The number of para-hydroxylation sites is 1. The van der Waals surface area contributed by atoms with Crippen LogP contribution < -0.4 is 15.6 Å². The molecule has 0 atom stereocenters. The molecular formula is C19H16ClN3O4S2. The van der Waals surface area contributed by atoms with E-state index in [2.05, 4.69) is 15.6 Å². The maximum Gasteiger partial charge on any atom is 0.269 e. The maximum absolute atomic E-state index is 12.6. The van der Waals surface area contributed by atoms with Gasteiger partial charge in [0.1, 0.15) is 0 Å². The highest BCUT2D eigenvalue weighted by atomic mass is 35.5. The maximum atomic E-state index is 12.6. The Morgan fingerprint density at radius 1 is 1.00 bits per heavy atom. The Labute approximate surface area is 176 Å². The van der Waals surface area contributed by atoms with Crippen LogP contribution in [0, 0.1) is 0 Å². The molecule has 0 spiro atoms. The third kappa shape index (κ3) is 5.57. The van der Waals surface area contributed by atoms with E-state index < -0.39 is 15.9 Å². The van der Waals surface area contributed by atoms with Crippen molar-refractivity contribution in [2.45, 2.75) is 11.3 Å². The van der Waals surface area contributed by atoms with Gasteiger partial charge in [0.2, 0.25) is 5.91 Å². The van der Waals surface area contributed by atoms with E-state index in [1.165, 1.54) is 41.7 Å². The molecule has 0 saturated heterocycles. The largest absolute Gasteiger partial charge is 0.278 e. The molecule has 1 aromatic heterocycles. The number of benzene rings is 2. The van der Waals surface area contributed by atoms with Crippen molar-refractivity contribution in [1.82, 2.24) is 10.9 Å². The molecule has 3 rings (SSSR count). The average molecular weight is 450 g/mol. The van der Waals surface area contributed by atoms with Gasteiger partial charge >= 0.3 is 0 Å². The van der Waals surface area contributed by atoms with Gasteiger partial charge in [-0.2, -0.15) is 11.3 Å². The van der Waals surface area contributed by atoms with E-state index in [0.717, 1.165) is 5.56 Å². The Morgan fingerprint density at radius 2 is 1.79 bits per heavy atom. The Bertz CT molecular complexity index is 1130. The minimum Gasteiger partial charge on any atom is -0.278 e. The first-order chi connectivity index (χ1) is 13.8. The van der Waals surface area contributed by atoms with Crippen molar-refractivity contribution in [2.75, 3.05) is 4.72 Å². The first-order valence-corrected chi connectivity index (χ1v) is 11.1. The Balaban J connectivity index is 1.67. The van der Waals surface area contributed by atoms with E-state index in [-0.39, 0.29) is 33.5 Å².